The first-order valence-electron chi connectivity index (χ1n) is 11.2. The molecule has 1 atom stereocenters. The summed E-state index contributed by atoms with van der Waals surface area (Å²) in [5, 5.41) is 19.7. The Hall–Kier alpha value is -2.62. The summed E-state index contributed by atoms with van der Waals surface area (Å²) in [5.74, 6) is 0.543. The number of aromatic hydroxyl groups is 1. The van der Waals surface area contributed by atoms with E-state index in [4.69, 9.17) is 0 Å². The third-order valence-corrected chi connectivity index (χ3v) is 6.07. The molecule has 0 aliphatic carbocycles. The molecule has 0 saturated carbocycles. The van der Waals surface area contributed by atoms with Crippen molar-refractivity contribution in [3.05, 3.63) is 89.5 Å². The Labute approximate surface area is 187 Å². The molecule has 0 fully saturated rings. The predicted octanol–water partition coefficient (Wildman–Crippen LogP) is 6.19. The van der Waals surface area contributed by atoms with E-state index in [9.17, 15) is 10.2 Å². The van der Waals surface area contributed by atoms with Crippen LogP contribution >= 0.6 is 0 Å². The van der Waals surface area contributed by atoms with E-state index in [2.05, 4.69) is 87.2 Å². The lowest BCUT2D eigenvalue weighted by atomic mass is 9.87. The van der Waals surface area contributed by atoms with Gasteiger partial charge >= 0.3 is 0 Å². The van der Waals surface area contributed by atoms with Crippen molar-refractivity contribution in [1.82, 2.24) is 4.90 Å². The van der Waals surface area contributed by atoms with Crippen LogP contribution in [-0.4, -0.2) is 33.7 Å². The molecule has 0 aromatic heterocycles. The number of nitrogens with zero attached hydrogens (tertiary/aromatic N) is 1. The largest absolute Gasteiger partial charge is 0.507 e. The summed E-state index contributed by atoms with van der Waals surface area (Å²) in [7, 11) is 0. The van der Waals surface area contributed by atoms with Gasteiger partial charge in [0.2, 0.25) is 0 Å². The SMILES string of the molecule is CC(C)N(CCC(c1ccccc1)c1ccc(-c2cc(CO)ccc2O)cc1)C(C)C. The molecule has 3 nitrogen and oxygen atoms in total. The molecule has 3 aromatic rings. The Balaban J connectivity index is 1.89. The first-order chi connectivity index (χ1) is 14.9. The standard InChI is InChI=1S/C28H35NO2/c1-20(2)29(21(3)4)17-16-26(23-8-6-5-7-9-23)24-11-13-25(14-12-24)27-18-22(19-30)10-15-28(27)31/h5-15,18,20-21,26,30-31H,16-17,19H2,1-4H3. The molecule has 0 amide bonds. The zero-order valence-corrected chi connectivity index (χ0v) is 19.1. The van der Waals surface area contributed by atoms with Crippen LogP contribution in [0.5, 0.6) is 5.75 Å². The normalized spacial score (nSPS) is 12.6. The highest BCUT2D eigenvalue weighted by atomic mass is 16.3. The van der Waals surface area contributed by atoms with Crippen molar-refractivity contribution < 1.29 is 10.2 Å². The van der Waals surface area contributed by atoms with E-state index in [0.29, 0.717) is 18.0 Å². The van der Waals surface area contributed by atoms with Crippen molar-refractivity contribution >= 4 is 0 Å². The number of hydrogen-bond acceptors (Lipinski definition) is 3. The second-order valence-electron chi connectivity index (χ2n) is 8.81. The van der Waals surface area contributed by atoms with Gasteiger partial charge in [-0.3, -0.25) is 4.90 Å². The fourth-order valence-corrected chi connectivity index (χ4v) is 4.41. The van der Waals surface area contributed by atoms with Crippen LogP contribution in [0.15, 0.2) is 72.8 Å². The number of hydrogen-bond donors (Lipinski definition) is 2. The van der Waals surface area contributed by atoms with Gasteiger partial charge in [0.15, 0.2) is 0 Å². The Morgan fingerprint density at radius 2 is 1.39 bits per heavy atom. The Morgan fingerprint density at radius 3 is 1.97 bits per heavy atom. The first kappa shape index (κ1) is 23.1. The number of phenolic OH excluding ortho intramolecular Hbond substituents is 1. The highest BCUT2D eigenvalue weighted by Crippen LogP contribution is 2.34. The van der Waals surface area contributed by atoms with Crippen molar-refractivity contribution in [3.8, 4) is 16.9 Å². The van der Waals surface area contributed by atoms with Crippen LogP contribution < -0.4 is 0 Å². The maximum atomic E-state index is 10.3. The van der Waals surface area contributed by atoms with Crippen LogP contribution in [0, 0.1) is 0 Å². The monoisotopic (exact) mass is 417 g/mol. The predicted molar refractivity (Wildman–Crippen MR) is 129 cm³/mol. The summed E-state index contributed by atoms with van der Waals surface area (Å²) in [5.41, 5.74) is 5.10. The topological polar surface area (TPSA) is 43.7 Å². The lowest BCUT2D eigenvalue weighted by Gasteiger charge is -2.32. The molecule has 0 saturated heterocycles. The fraction of sp³-hybridized carbons (Fsp3) is 0.357. The van der Waals surface area contributed by atoms with Gasteiger partial charge in [0.25, 0.3) is 0 Å². The smallest absolute Gasteiger partial charge is 0.123 e. The van der Waals surface area contributed by atoms with E-state index in [-0.39, 0.29) is 12.4 Å². The summed E-state index contributed by atoms with van der Waals surface area (Å²) in [4.78, 5) is 2.54. The number of benzene rings is 3. The molecule has 164 valence electrons. The molecule has 0 spiro atoms. The first-order valence-corrected chi connectivity index (χ1v) is 11.2. The quantitative estimate of drug-likeness (QED) is 0.436. The molecule has 0 bridgehead atoms. The van der Waals surface area contributed by atoms with Crippen LogP contribution in [-0.2, 0) is 6.61 Å². The van der Waals surface area contributed by atoms with Crippen molar-refractivity contribution in [3.63, 3.8) is 0 Å². The molecule has 0 radical (unpaired) electrons. The van der Waals surface area contributed by atoms with Gasteiger partial charge in [0.1, 0.15) is 5.75 Å². The fourth-order valence-electron chi connectivity index (χ4n) is 4.41. The second-order valence-corrected chi connectivity index (χ2v) is 8.81. The highest BCUT2D eigenvalue weighted by Gasteiger charge is 2.19. The van der Waals surface area contributed by atoms with E-state index in [1.807, 2.05) is 6.07 Å². The second kappa shape index (κ2) is 10.6. The molecule has 2 N–H and O–H groups in total. The lowest BCUT2D eigenvalue weighted by Crippen LogP contribution is -2.38. The molecule has 3 heteroatoms. The summed E-state index contributed by atoms with van der Waals surface area (Å²) < 4.78 is 0. The van der Waals surface area contributed by atoms with Crippen molar-refractivity contribution in [2.75, 3.05) is 6.54 Å². The number of phenols is 1. The van der Waals surface area contributed by atoms with E-state index >= 15 is 0 Å². The highest BCUT2D eigenvalue weighted by molar-refractivity contribution is 5.71. The van der Waals surface area contributed by atoms with Crippen LogP contribution in [0.2, 0.25) is 0 Å². The molecule has 0 aliphatic heterocycles. The average molecular weight is 418 g/mol. The van der Waals surface area contributed by atoms with Gasteiger partial charge in [-0.25, -0.2) is 0 Å². The minimum absolute atomic E-state index is 0.0380. The van der Waals surface area contributed by atoms with Gasteiger partial charge in [-0.15, -0.1) is 0 Å². The molecule has 0 heterocycles. The molecular formula is C28H35NO2. The molecule has 0 aliphatic rings. The van der Waals surface area contributed by atoms with Crippen molar-refractivity contribution in [1.29, 1.82) is 0 Å². The van der Waals surface area contributed by atoms with Gasteiger partial charge in [0, 0.05) is 23.6 Å². The molecule has 3 rings (SSSR count). The van der Waals surface area contributed by atoms with Gasteiger partial charge in [-0.1, -0.05) is 60.7 Å². The van der Waals surface area contributed by atoms with E-state index in [1.165, 1.54) is 11.1 Å². The minimum Gasteiger partial charge on any atom is -0.507 e. The third kappa shape index (κ3) is 5.75. The average Bonchev–Trinajstić information content (AvgIpc) is 2.77. The van der Waals surface area contributed by atoms with Crippen molar-refractivity contribution in [2.24, 2.45) is 0 Å². The Morgan fingerprint density at radius 1 is 0.774 bits per heavy atom. The minimum atomic E-state index is -0.0380. The molecular weight excluding hydrogens is 382 g/mol. The molecule has 31 heavy (non-hydrogen) atoms. The molecule has 3 aromatic carbocycles. The van der Waals surface area contributed by atoms with Gasteiger partial charge < -0.3 is 10.2 Å². The number of aliphatic hydroxyl groups is 1. The van der Waals surface area contributed by atoms with E-state index < -0.39 is 0 Å². The van der Waals surface area contributed by atoms with Crippen LogP contribution in [0.3, 0.4) is 0 Å². The maximum Gasteiger partial charge on any atom is 0.123 e. The zero-order chi connectivity index (χ0) is 22.4. The third-order valence-electron chi connectivity index (χ3n) is 6.07. The van der Waals surface area contributed by atoms with E-state index in [1.54, 1.807) is 12.1 Å². The van der Waals surface area contributed by atoms with Gasteiger partial charge in [-0.05, 0) is 75.0 Å². The van der Waals surface area contributed by atoms with E-state index in [0.717, 1.165) is 29.7 Å². The van der Waals surface area contributed by atoms with Crippen LogP contribution in [0.1, 0.15) is 56.7 Å². The zero-order valence-electron chi connectivity index (χ0n) is 19.1. The summed E-state index contributed by atoms with van der Waals surface area (Å²) in [6.45, 7) is 10.1. The summed E-state index contributed by atoms with van der Waals surface area (Å²) in [6, 6.07) is 25.5. The lowest BCUT2D eigenvalue weighted by molar-refractivity contribution is 0.170. The number of aliphatic hydroxyl groups excluding tert-OH is 1. The molecule has 1 unspecified atom stereocenters. The van der Waals surface area contributed by atoms with Crippen LogP contribution in [0.25, 0.3) is 11.1 Å². The maximum absolute atomic E-state index is 10.3. The summed E-state index contributed by atoms with van der Waals surface area (Å²) >= 11 is 0. The van der Waals surface area contributed by atoms with Crippen molar-refractivity contribution in [2.45, 2.75) is 58.7 Å². The van der Waals surface area contributed by atoms with Gasteiger partial charge in [-0.2, -0.15) is 0 Å². The van der Waals surface area contributed by atoms with Crippen LogP contribution in [0.4, 0.5) is 0 Å². The number of rotatable bonds is 9. The summed E-state index contributed by atoms with van der Waals surface area (Å²) in [6.07, 6.45) is 1.05. The van der Waals surface area contributed by atoms with Gasteiger partial charge in [0.05, 0.1) is 6.61 Å². The Bertz CT molecular complexity index is 941. The Kier molecular flexibility index (Phi) is 7.89.